The summed E-state index contributed by atoms with van der Waals surface area (Å²) in [7, 11) is 0. The Morgan fingerprint density at radius 1 is 1.08 bits per heavy atom. The number of fused-ring (bicyclic) bond motifs is 1. The maximum Gasteiger partial charge on any atom is 0.121 e. The highest BCUT2D eigenvalue weighted by molar-refractivity contribution is 7.91. The zero-order valence-corrected chi connectivity index (χ0v) is 23.5. The number of carbonyl (C=O) groups is 1. The number of ether oxygens (including phenoxy) is 1. The van der Waals surface area contributed by atoms with E-state index in [4.69, 9.17) is 4.74 Å². The Kier molecular flexibility index (Phi) is 8.54. The molecule has 1 saturated heterocycles. The van der Waals surface area contributed by atoms with Crippen molar-refractivity contribution in [3.8, 4) is 28.7 Å². The van der Waals surface area contributed by atoms with Gasteiger partial charge in [0.05, 0.1) is 5.92 Å². The molecule has 0 saturated carbocycles. The zero-order valence-electron chi connectivity index (χ0n) is 21.9. The van der Waals surface area contributed by atoms with Crippen LogP contribution in [0.1, 0.15) is 60.3 Å². The molecule has 5 heteroatoms. The van der Waals surface area contributed by atoms with Gasteiger partial charge < -0.3 is 14.1 Å². The fourth-order valence-corrected chi connectivity index (χ4v) is 7.48. The van der Waals surface area contributed by atoms with Gasteiger partial charge in [-0.05, 0) is 84.0 Å². The summed E-state index contributed by atoms with van der Waals surface area (Å²) < 4.78 is 19.2. The Morgan fingerprint density at radius 3 is 2.58 bits per heavy atom. The second kappa shape index (κ2) is 12.2. The molecule has 0 aliphatic carbocycles. The zero-order chi connectivity index (χ0) is 26.5. The number of carbonyl (C=O) groups excluding carboxylic acids is 1. The van der Waals surface area contributed by atoms with E-state index in [0.717, 1.165) is 47.5 Å². The first-order chi connectivity index (χ1) is 18.6. The highest BCUT2D eigenvalue weighted by Gasteiger charge is 2.23. The van der Waals surface area contributed by atoms with Crippen LogP contribution in [-0.2, 0) is 22.6 Å². The topological polar surface area (TPSA) is 49.4 Å². The van der Waals surface area contributed by atoms with Crippen LogP contribution in [0.4, 0.5) is 0 Å². The summed E-state index contributed by atoms with van der Waals surface area (Å²) >= 11 is 1.13. The van der Waals surface area contributed by atoms with Crippen LogP contribution >= 0.6 is 11.3 Å². The molecule has 3 aromatic carbocycles. The van der Waals surface area contributed by atoms with Crippen molar-refractivity contribution in [1.82, 2.24) is 0 Å². The van der Waals surface area contributed by atoms with Gasteiger partial charge in [-0.25, -0.2) is 0 Å². The lowest BCUT2D eigenvalue weighted by Gasteiger charge is -2.25. The van der Waals surface area contributed by atoms with Gasteiger partial charge in [-0.3, -0.25) is 0 Å². The van der Waals surface area contributed by atoms with Gasteiger partial charge in [0.1, 0.15) is 30.1 Å². The number of benzene rings is 3. The van der Waals surface area contributed by atoms with Crippen molar-refractivity contribution in [2.24, 2.45) is 0 Å². The monoisotopic (exact) mass is 540 g/mol. The van der Waals surface area contributed by atoms with E-state index in [1.54, 1.807) is 18.3 Å². The minimum absolute atomic E-state index is 0.0578. The fourth-order valence-electron chi connectivity index (χ4n) is 5.24. The minimum atomic E-state index is -0.633. The summed E-state index contributed by atoms with van der Waals surface area (Å²) in [6, 6.07) is 21.4. The first-order valence-electron chi connectivity index (χ1n) is 13.1. The van der Waals surface area contributed by atoms with Gasteiger partial charge in [0.2, 0.25) is 0 Å². The van der Waals surface area contributed by atoms with Crippen molar-refractivity contribution < 1.29 is 14.1 Å². The third-order valence-electron chi connectivity index (χ3n) is 7.38. The van der Waals surface area contributed by atoms with E-state index in [-0.39, 0.29) is 5.92 Å². The quantitative estimate of drug-likeness (QED) is 0.130. The predicted molar refractivity (Wildman–Crippen MR) is 159 cm³/mol. The van der Waals surface area contributed by atoms with Crippen LogP contribution in [-0.4, -0.2) is 22.3 Å². The molecule has 3 nitrogen and oxygen atoms in total. The minimum Gasteiger partial charge on any atom is -0.616 e. The molecule has 5 rings (SSSR count). The van der Waals surface area contributed by atoms with Crippen LogP contribution in [0.15, 0.2) is 66.0 Å². The van der Waals surface area contributed by atoms with Crippen molar-refractivity contribution in [2.45, 2.75) is 51.6 Å². The molecule has 1 fully saturated rings. The SMILES string of the molecule is CC#CC(CC=O)c1ccc(COc2ccc3scc(-c4ccc(C5CC[S+]([O-])CC5)cc4C)c3c2)cc1. The molecule has 0 bridgehead atoms. The van der Waals surface area contributed by atoms with Crippen LogP contribution < -0.4 is 4.74 Å². The Labute approximate surface area is 232 Å². The third-order valence-corrected chi connectivity index (χ3v) is 9.73. The van der Waals surface area contributed by atoms with E-state index < -0.39 is 11.2 Å². The lowest BCUT2D eigenvalue weighted by atomic mass is 9.89. The number of rotatable bonds is 8. The van der Waals surface area contributed by atoms with E-state index in [2.05, 4.69) is 54.5 Å². The Balaban J connectivity index is 1.31. The summed E-state index contributed by atoms with van der Waals surface area (Å²) in [6.45, 7) is 4.47. The van der Waals surface area contributed by atoms with Crippen LogP contribution in [0.3, 0.4) is 0 Å². The molecule has 0 spiro atoms. The number of aryl methyl sites for hydroxylation is 1. The number of hydrogen-bond donors (Lipinski definition) is 0. The van der Waals surface area contributed by atoms with E-state index in [0.29, 0.717) is 18.9 Å². The smallest absolute Gasteiger partial charge is 0.121 e. The average molecular weight is 541 g/mol. The second-order valence-electron chi connectivity index (χ2n) is 9.88. The van der Waals surface area contributed by atoms with Crippen molar-refractivity contribution in [1.29, 1.82) is 0 Å². The highest BCUT2D eigenvalue weighted by atomic mass is 32.2. The lowest BCUT2D eigenvalue weighted by molar-refractivity contribution is -0.107. The largest absolute Gasteiger partial charge is 0.616 e. The fraction of sp³-hybridized carbons (Fsp3) is 0.303. The van der Waals surface area contributed by atoms with E-state index in [9.17, 15) is 9.35 Å². The van der Waals surface area contributed by atoms with Gasteiger partial charge >= 0.3 is 0 Å². The summed E-state index contributed by atoms with van der Waals surface area (Å²) in [5.41, 5.74) is 7.28. The molecule has 1 aliphatic heterocycles. The summed E-state index contributed by atoms with van der Waals surface area (Å²) in [4.78, 5) is 11.0. The highest BCUT2D eigenvalue weighted by Crippen LogP contribution is 2.39. The maximum absolute atomic E-state index is 11.8. The van der Waals surface area contributed by atoms with Gasteiger partial charge in [-0.2, -0.15) is 0 Å². The number of hydrogen-bond acceptors (Lipinski definition) is 4. The van der Waals surface area contributed by atoms with Crippen molar-refractivity contribution in [3.05, 3.63) is 88.3 Å². The van der Waals surface area contributed by atoms with E-state index in [1.807, 2.05) is 30.3 Å². The number of thiophene rings is 1. The molecular weight excluding hydrogens is 508 g/mol. The third kappa shape index (κ3) is 5.99. The first kappa shape index (κ1) is 26.6. The standard InChI is InChI=1S/C33H32O3S2/c1-3-4-25(13-16-34)26-7-5-24(6-8-26)21-36-29-10-12-33-31(20-29)32(22-37-33)30-11-9-28(19-23(30)2)27-14-17-38(35)18-15-27/h5-12,16,19-20,22,25,27H,13-15,17-18,21H2,1-2H3. The van der Waals surface area contributed by atoms with Gasteiger partial charge in [0.25, 0.3) is 0 Å². The van der Waals surface area contributed by atoms with E-state index >= 15 is 0 Å². The molecule has 194 valence electrons. The van der Waals surface area contributed by atoms with Crippen LogP contribution in [0.25, 0.3) is 21.2 Å². The van der Waals surface area contributed by atoms with Crippen molar-refractivity contribution in [3.63, 3.8) is 0 Å². The van der Waals surface area contributed by atoms with Crippen molar-refractivity contribution in [2.75, 3.05) is 11.5 Å². The van der Waals surface area contributed by atoms with E-state index in [1.165, 1.54) is 32.3 Å². The number of aldehydes is 1. The van der Waals surface area contributed by atoms with Crippen LogP contribution in [0.2, 0.25) is 0 Å². The first-order valence-corrected chi connectivity index (χ1v) is 15.5. The van der Waals surface area contributed by atoms with Gasteiger partial charge in [-0.1, -0.05) is 59.6 Å². The molecule has 1 unspecified atom stereocenters. The maximum atomic E-state index is 11.8. The average Bonchev–Trinajstić information content (AvgIpc) is 3.35. The van der Waals surface area contributed by atoms with Crippen LogP contribution in [0, 0.1) is 18.8 Å². The molecule has 0 amide bonds. The summed E-state index contributed by atoms with van der Waals surface area (Å²) in [5, 5.41) is 3.45. The molecule has 0 radical (unpaired) electrons. The normalized spacial score (nSPS) is 18.0. The molecule has 4 aromatic rings. The Hall–Kier alpha value is -3.04. The molecule has 0 N–H and O–H groups in total. The second-order valence-corrected chi connectivity index (χ2v) is 12.5. The van der Waals surface area contributed by atoms with Gasteiger partial charge in [0.15, 0.2) is 0 Å². The molecule has 38 heavy (non-hydrogen) atoms. The predicted octanol–water partition coefficient (Wildman–Crippen LogP) is 7.78. The molecular formula is C33H32O3S2. The lowest BCUT2D eigenvalue weighted by Crippen LogP contribution is -2.22. The summed E-state index contributed by atoms with van der Waals surface area (Å²) in [5.74, 6) is 8.98. The molecule has 1 aromatic heterocycles. The van der Waals surface area contributed by atoms with Crippen LogP contribution in [0.5, 0.6) is 5.75 Å². The van der Waals surface area contributed by atoms with Gasteiger partial charge in [0, 0.05) is 22.1 Å². The van der Waals surface area contributed by atoms with Gasteiger partial charge in [-0.15, -0.1) is 17.3 Å². The van der Waals surface area contributed by atoms with Crippen molar-refractivity contribution >= 4 is 38.9 Å². The molecule has 1 atom stereocenters. The summed E-state index contributed by atoms with van der Waals surface area (Å²) in [6.07, 6.45) is 3.37. The Bertz CT molecular complexity index is 1470. The Morgan fingerprint density at radius 2 is 1.87 bits per heavy atom. The molecule has 1 aliphatic rings. The molecule has 2 heterocycles.